The Hall–Kier alpha value is -1.31. The molecular formula is C9H11ClN2O4S. The number of hydrogen-bond acceptors (Lipinski definition) is 3. The third-order valence-corrected chi connectivity index (χ3v) is 3.22. The van der Waals surface area contributed by atoms with E-state index in [0.717, 1.165) is 0 Å². The predicted molar refractivity (Wildman–Crippen MR) is 64.0 cm³/mol. The summed E-state index contributed by atoms with van der Waals surface area (Å²) in [5, 5.41) is 2.60. The van der Waals surface area contributed by atoms with Crippen LogP contribution in [0, 0.1) is 0 Å². The van der Waals surface area contributed by atoms with Crippen molar-refractivity contribution in [1.82, 2.24) is 4.90 Å². The van der Waals surface area contributed by atoms with Crippen LogP contribution in [-0.2, 0) is 16.7 Å². The zero-order chi connectivity index (χ0) is 11.9. The van der Waals surface area contributed by atoms with E-state index < -0.39 is 10.1 Å². The van der Waals surface area contributed by atoms with Crippen molar-refractivity contribution in [2.75, 3.05) is 12.4 Å². The third-order valence-electron chi connectivity index (χ3n) is 2.37. The van der Waals surface area contributed by atoms with Crippen molar-refractivity contribution in [2.24, 2.45) is 0 Å². The van der Waals surface area contributed by atoms with E-state index in [4.69, 9.17) is 4.55 Å². The topological polar surface area (TPSA) is 86.7 Å². The number of halogens is 1. The number of nitrogens with one attached hydrogen (secondary N) is 1. The lowest BCUT2D eigenvalue weighted by Gasteiger charge is -2.25. The number of carbonyl (C=O) groups is 1. The molecule has 1 aromatic carbocycles. The molecule has 2 amide bonds. The SMILES string of the molecule is CN1Cc2cc(S(=O)(=O)O)ccc2NC1=O.Cl. The number of fused-ring (bicyclic) bond motifs is 1. The fourth-order valence-electron chi connectivity index (χ4n) is 1.52. The van der Waals surface area contributed by atoms with E-state index in [9.17, 15) is 13.2 Å². The molecule has 1 heterocycles. The minimum Gasteiger partial charge on any atom is -0.323 e. The lowest BCUT2D eigenvalue weighted by molar-refractivity contribution is 0.218. The van der Waals surface area contributed by atoms with Crippen molar-refractivity contribution in [1.29, 1.82) is 0 Å². The summed E-state index contributed by atoms with van der Waals surface area (Å²) in [6.45, 7) is 0.310. The van der Waals surface area contributed by atoms with Gasteiger partial charge in [0.1, 0.15) is 0 Å². The molecule has 2 N–H and O–H groups in total. The van der Waals surface area contributed by atoms with E-state index in [2.05, 4.69) is 5.32 Å². The molecule has 0 bridgehead atoms. The smallest absolute Gasteiger partial charge is 0.321 e. The minimum absolute atomic E-state index is 0. The van der Waals surface area contributed by atoms with E-state index in [1.807, 2.05) is 0 Å². The fraction of sp³-hybridized carbons (Fsp3) is 0.222. The summed E-state index contributed by atoms with van der Waals surface area (Å²) in [7, 11) is -2.60. The van der Waals surface area contributed by atoms with Crippen molar-refractivity contribution >= 4 is 34.2 Å². The first-order chi connectivity index (χ1) is 7.38. The van der Waals surface area contributed by atoms with E-state index >= 15 is 0 Å². The Balaban J connectivity index is 0.00000144. The monoisotopic (exact) mass is 278 g/mol. The van der Waals surface area contributed by atoms with Crippen LogP contribution in [0.15, 0.2) is 23.1 Å². The second-order valence-electron chi connectivity index (χ2n) is 3.58. The highest BCUT2D eigenvalue weighted by Crippen LogP contribution is 2.25. The van der Waals surface area contributed by atoms with Crippen LogP contribution in [0.5, 0.6) is 0 Å². The normalized spacial score (nSPS) is 14.7. The number of carbonyl (C=O) groups excluding carboxylic acids is 1. The number of urea groups is 1. The minimum atomic E-state index is -4.20. The Morgan fingerprint density at radius 1 is 1.41 bits per heavy atom. The van der Waals surface area contributed by atoms with E-state index in [1.54, 1.807) is 7.05 Å². The standard InChI is InChI=1S/C9H10N2O4S.ClH/c1-11-5-6-4-7(16(13,14)15)2-3-8(6)10-9(11)12;/h2-4H,5H2,1H3,(H,10,12)(H,13,14,15);1H. The third kappa shape index (κ3) is 2.68. The largest absolute Gasteiger partial charge is 0.323 e. The Bertz CT molecular complexity index is 558. The zero-order valence-electron chi connectivity index (χ0n) is 8.87. The number of anilines is 1. The van der Waals surface area contributed by atoms with Gasteiger partial charge in [-0.1, -0.05) is 0 Å². The van der Waals surface area contributed by atoms with Crippen molar-refractivity contribution in [2.45, 2.75) is 11.4 Å². The number of rotatable bonds is 1. The first kappa shape index (κ1) is 13.8. The van der Waals surface area contributed by atoms with Crippen LogP contribution < -0.4 is 5.32 Å². The maximum Gasteiger partial charge on any atom is 0.321 e. The molecule has 0 unspecified atom stereocenters. The van der Waals surface area contributed by atoms with E-state index in [0.29, 0.717) is 17.8 Å². The van der Waals surface area contributed by atoms with Gasteiger partial charge in [0.15, 0.2) is 0 Å². The van der Waals surface area contributed by atoms with Gasteiger partial charge in [-0.05, 0) is 23.8 Å². The second-order valence-corrected chi connectivity index (χ2v) is 5.00. The van der Waals surface area contributed by atoms with Crippen LogP contribution in [0.1, 0.15) is 5.56 Å². The summed E-state index contributed by atoms with van der Waals surface area (Å²) in [6.07, 6.45) is 0. The first-order valence-electron chi connectivity index (χ1n) is 4.50. The number of benzene rings is 1. The maximum atomic E-state index is 11.3. The molecule has 0 atom stereocenters. The molecule has 0 fully saturated rings. The first-order valence-corrected chi connectivity index (χ1v) is 5.94. The van der Waals surface area contributed by atoms with Gasteiger partial charge >= 0.3 is 6.03 Å². The summed E-state index contributed by atoms with van der Waals surface area (Å²) in [5.74, 6) is 0. The van der Waals surface area contributed by atoms with Gasteiger partial charge in [0, 0.05) is 19.3 Å². The van der Waals surface area contributed by atoms with Gasteiger partial charge in [-0.25, -0.2) is 4.79 Å². The molecule has 0 saturated heterocycles. The lowest BCUT2D eigenvalue weighted by atomic mass is 10.1. The second kappa shape index (κ2) is 4.52. The van der Waals surface area contributed by atoms with Crippen LogP contribution in [0.25, 0.3) is 0 Å². The highest BCUT2D eigenvalue weighted by Gasteiger charge is 2.21. The van der Waals surface area contributed by atoms with E-state index in [1.165, 1.54) is 23.1 Å². The maximum absolute atomic E-state index is 11.3. The Morgan fingerprint density at radius 2 is 2.06 bits per heavy atom. The molecule has 0 saturated carbocycles. The predicted octanol–water partition coefficient (Wildman–Crippen LogP) is 1.33. The average molecular weight is 279 g/mol. The Morgan fingerprint density at radius 3 is 2.65 bits per heavy atom. The highest BCUT2D eigenvalue weighted by atomic mass is 35.5. The fourth-order valence-corrected chi connectivity index (χ4v) is 2.05. The molecule has 94 valence electrons. The number of amides is 2. The van der Waals surface area contributed by atoms with Crippen LogP contribution in [0.4, 0.5) is 10.5 Å². The van der Waals surface area contributed by atoms with Crippen molar-refractivity contribution in [3.63, 3.8) is 0 Å². The van der Waals surface area contributed by atoms with Crippen molar-refractivity contribution < 1.29 is 17.8 Å². The Labute approximate surface area is 105 Å². The molecule has 1 aliphatic rings. The van der Waals surface area contributed by atoms with Crippen molar-refractivity contribution in [3.05, 3.63) is 23.8 Å². The Kier molecular flexibility index (Phi) is 3.65. The van der Waals surface area contributed by atoms with Gasteiger partial charge in [0.25, 0.3) is 10.1 Å². The molecule has 6 nitrogen and oxygen atoms in total. The molecule has 0 spiro atoms. The van der Waals surface area contributed by atoms with Gasteiger partial charge in [-0.2, -0.15) is 8.42 Å². The molecule has 2 rings (SSSR count). The summed E-state index contributed by atoms with van der Waals surface area (Å²) in [5.41, 5.74) is 1.22. The average Bonchev–Trinajstić information content (AvgIpc) is 2.17. The van der Waals surface area contributed by atoms with Gasteiger partial charge in [0.05, 0.1) is 4.90 Å². The highest BCUT2D eigenvalue weighted by molar-refractivity contribution is 7.85. The summed E-state index contributed by atoms with van der Waals surface area (Å²) in [6, 6.07) is 3.82. The van der Waals surface area contributed by atoms with Crippen LogP contribution >= 0.6 is 12.4 Å². The zero-order valence-corrected chi connectivity index (χ0v) is 10.5. The molecule has 0 radical (unpaired) electrons. The van der Waals surface area contributed by atoms with Crippen LogP contribution in [0.2, 0.25) is 0 Å². The van der Waals surface area contributed by atoms with Gasteiger partial charge in [-0.3, -0.25) is 4.55 Å². The summed E-state index contributed by atoms with van der Waals surface area (Å²) < 4.78 is 30.7. The molecule has 1 aromatic rings. The molecule has 8 heteroatoms. The molecular weight excluding hydrogens is 268 g/mol. The van der Waals surface area contributed by atoms with Crippen LogP contribution in [0.3, 0.4) is 0 Å². The molecule has 1 aliphatic heterocycles. The van der Waals surface area contributed by atoms with Gasteiger partial charge < -0.3 is 10.2 Å². The quantitative estimate of drug-likeness (QED) is 0.759. The summed E-state index contributed by atoms with van der Waals surface area (Å²) in [4.78, 5) is 12.5. The molecule has 17 heavy (non-hydrogen) atoms. The summed E-state index contributed by atoms with van der Waals surface area (Å²) >= 11 is 0. The lowest BCUT2D eigenvalue weighted by Crippen LogP contribution is -2.35. The van der Waals surface area contributed by atoms with Crippen LogP contribution in [-0.4, -0.2) is 30.9 Å². The van der Waals surface area contributed by atoms with E-state index in [-0.39, 0.29) is 23.3 Å². The number of nitrogens with zero attached hydrogens (tertiary/aromatic N) is 1. The molecule has 0 aromatic heterocycles. The van der Waals surface area contributed by atoms with Gasteiger partial charge in [0.2, 0.25) is 0 Å². The van der Waals surface area contributed by atoms with Gasteiger partial charge in [-0.15, -0.1) is 12.4 Å². The number of hydrogen-bond donors (Lipinski definition) is 2. The van der Waals surface area contributed by atoms with Crippen molar-refractivity contribution in [3.8, 4) is 0 Å². The molecule has 0 aliphatic carbocycles.